The molecule has 1 atom stereocenters. The van der Waals surface area contributed by atoms with Crippen LogP contribution < -0.4 is 4.74 Å². The van der Waals surface area contributed by atoms with Crippen LogP contribution in [0.25, 0.3) is 0 Å². The largest absolute Gasteiger partial charge is 0.494 e. The van der Waals surface area contributed by atoms with E-state index in [9.17, 15) is 9.18 Å². The van der Waals surface area contributed by atoms with Gasteiger partial charge >= 0.3 is 0 Å². The third-order valence-corrected chi connectivity index (χ3v) is 2.79. The SMILES string of the molecule is CCC(C)C(=O)Cc1cccc(OC)c1F. The lowest BCUT2D eigenvalue weighted by atomic mass is 9.97. The van der Waals surface area contributed by atoms with E-state index >= 15 is 0 Å². The first-order valence-corrected chi connectivity index (χ1v) is 5.44. The molecule has 0 aromatic heterocycles. The molecule has 1 rings (SSSR count). The van der Waals surface area contributed by atoms with Crippen LogP contribution in [0.1, 0.15) is 25.8 Å². The molecule has 0 fully saturated rings. The highest BCUT2D eigenvalue weighted by Gasteiger charge is 2.15. The molecule has 2 nitrogen and oxygen atoms in total. The molecule has 0 amide bonds. The van der Waals surface area contributed by atoms with Crippen LogP contribution in [0.3, 0.4) is 0 Å². The van der Waals surface area contributed by atoms with Crippen LogP contribution in [-0.2, 0) is 11.2 Å². The molecule has 1 unspecified atom stereocenters. The molecule has 16 heavy (non-hydrogen) atoms. The Labute approximate surface area is 95.4 Å². The van der Waals surface area contributed by atoms with Gasteiger partial charge in [0.1, 0.15) is 5.78 Å². The Kier molecular flexibility index (Phi) is 4.47. The maximum absolute atomic E-state index is 13.7. The molecule has 0 aliphatic rings. The highest BCUT2D eigenvalue weighted by atomic mass is 19.1. The number of Topliss-reactive ketones (excluding diaryl/α,β-unsaturated/α-hetero) is 1. The van der Waals surface area contributed by atoms with Gasteiger partial charge in [0, 0.05) is 12.3 Å². The molecule has 0 aliphatic heterocycles. The van der Waals surface area contributed by atoms with E-state index in [1.807, 2.05) is 13.8 Å². The number of rotatable bonds is 5. The average molecular weight is 224 g/mol. The Morgan fingerprint density at radius 3 is 2.75 bits per heavy atom. The number of halogens is 1. The Morgan fingerprint density at radius 1 is 1.50 bits per heavy atom. The molecule has 3 heteroatoms. The summed E-state index contributed by atoms with van der Waals surface area (Å²) in [6, 6.07) is 4.87. The predicted octanol–water partition coefficient (Wildman–Crippen LogP) is 2.99. The minimum absolute atomic E-state index is 0.0226. The van der Waals surface area contributed by atoms with Crippen molar-refractivity contribution in [3.63, 3.8) is 0 Å². The quantitative estimate of drug-likeness (QED) is 0.768. The molecule has 0 bridgehead atoms. The second-order valence-electron chi connectivity index (χ2n) is 3.89. The topological polar surface area (TPSA) is 26.3 Å². The molecular weight excluding hydrogens is 207 g/mol. The third kappa shape index (κ3) is 2.81. The first-order valence-electron chi connectivity index (χ1n) is 5.44. The van der Waals surface area contributed by atoms with E-state index in [4.69, 9.17) is 4.74 Å². The van der Waals surface area contributed by atoms with Gasteiger partial charge in [-0.2, -0.15) is 0 Å². The van der Waals surface area contributed by atoms with Crippen molar-refractivity contribution in [3.8, 4) is 5.75 Å². The van der Waals surface area contributed by atoms with Gasteiger partial charge in [-0.1, -0.05) is 26.0 Å². The molecule has 1 aromatic carbocycles. The first kappa shape index (κ1) is 12.7. The van der Waals surface area contributed by atoms with Crippen LogP contribution in [0, 0.1) is 11.7 Å². The number of ketones is 1. The highest BCUT2D eigenvalue weighted by molar-refractivity contribution is 5.83. The van der Waals surface area contributed by atoms with E-state index in [1.54, 1.807) is 18.2 Å². The number of methoxy groups -OCH3 is 1. The molecule has 0 N–H and O–H groups in total. The Hall–Kier alpha value is -1.38. The fourth-order valence-corrected chi connectivity index (χ4v) is 1.44. The maximum atomic E-state index is 13.7. The van der Waals surface area contributed by atoms with Gasteiger partial charge in [-0.3, -0.25) is 4.79 Å². The van der Waals surface area contributed by atoms with Gasteiger partial charge in [0.2, 0.25) is 0 Å². The van der Waals surface area contributed by atoms with Gasteiger partial charge in [-0.05, 0) is 18.1 Å². The Morgan fingerprint density at radius 2 is 2.19 bits per heavy atom. The fraction of sp³-hybridized carbons (Fsp3) is 0.462. The minimum Gasteiger partial charge on any atom is -0.494 e. The second kappa shape index (κ2) is 5.64. The second-order valence-corrected chi connectivity index (χ2v) is 3.89. The van der Waals surface area contributed by atoms with Crippen molar-refractivity contribution in [1.29, 1.82) is 0 Å². The van der Waals surface area contributed by atoms with Crippen molar-refractivity contribution in [2.24, 2.45) is 5.92 Å². The zero-order valence-electron chi connectivity index (χ0n) is 9.92. The summed E-state index contributed by atoms with van der Waals surface area (Å²) in [5.41, 5.74) is 0.407. The molecule has 0 radical (unpaired) electrons. The zero-order valence-corrected chi connectivity index (χ0v) is 9.92. The number of carbonyl (C=O) groups is 1. The summed E-state index contributed by atoms with van der Waals surface area (Å²) in [7, 11) is 1.42. The summed E-state index contributed by atoms with van der Waals surface area (Å²) in [5, 5.41) is 0. The van der Waals surface area contributed by atoms with E-state index < -0.39 is 5.82 Å². The van der Waals surface area contributed by atoms with E-state index in [0.717, 1.165) is 6.42 Å². The molecule has 1 aromatic rings. The maximum Gasteiger partial charge on any atom is 0.168 e. The monoisotopic (exact) mass is 224 g/mol. The van der Waals surface area contributed by atoms with Crippen LogP contribution in [0.2, 0.25) is 0 Å². The predicted molar refractivity (Wildman–Crippen MR) is 61.1 cm³/mol. The molecule has 0 aliphatic carbocycles. The molecule has 0 heterocycles. The fourth-order valence-electron chi connectivity index (χ4n) is 1.44. The summed E-state index contributed by atoms with van der Waals surface area (Å²) >= 11 is 0. The highest BCUT2D eigenvalue weighted by Crippen LogP contribution is 2.21. The standard InChI is InChI=1S/C13H17FO2/c1-4-9(2)11(15)8-10-6-5-7-12(16-3)13(10)14/h5-7,9H,4,8H2,1-3H3. The van der Waals surface area contributed by atoms with Gasteiger partial charge in [0.05, 0.1) is 7.11 Å². The Bertz CT molecular complexity index is 374. The number of carbonyl (C=O) groups excluding carboxylic acids is 1. The number of ether oxygens (including phenoxy) is 1. The molecular formula is C13H17FO2. The smallest absolute Gasteiger partial charge is 0.168 e. The number of hydrogen-bond acceptors (Lipinski definition) is 2. The van der Waals surface area contributed by atoms with E-state index in [2.05, 4.69) is 0 Å². The van der Waals surface area contributed by atoms with E-state index in [0.29, 0.717) is 5.56 Å². The van der Waals surface area contributed by atoms with Gasteiger partial charge in [0.15, 0.2) is 11.6 Å². The third-order valence-electron chi connectivity index (χ3n) is 2.79. The summed E-state index contributed by atoms with van der Waals surface area (Å²) < 4.78 is 18.6. The van der Waals surface area contributed by atoms with Crippen molar-refractivity contribution in [3.05, 3.63) is 29.6 Å². The lowest BCUT2D eigenvalue weighted by Gasteiger charge is -2.09. The van der Waals surface area contributed by atoms with E-state index in [-0.39, 0.29) is 23.9 Å². The van der Waals surface area contributed by atoms with Crippen molar-refractivity contribution in [2.75, 3.05) is 7.11 Å². The van der Waals surface area contributed by atoms with Crippen LogP contribution in [0.15, 0.2) is 18.2 Å². The normalized spacial score (nSPS) is 12.2. The summed E-state index contributed by atoms with van der Waals surface area (Å²) in [4.78, 5) is 11.7. The van der Waals surface area contributed by atoms with E-state index in [1.165, 1.54) is 7.11 Å². The number of hydrogen-bond donors (Lipinski definition) is 0. The van der Waals surface area contributed by atoms with Crippen LogP contribution in [0.4, 0.5) is 4.39 Å². The summed E-state index contributed by atoms with van der Waals surface area (Å²) in [5.74, 6) is -0.198. The lowest BCUT2D eigenvalue weighted by molar-refractivity contribution is -0.121. The van der Waals surface area contributed by atoms with Gasteiger partial charge in [0.25, 0.3) is 0 Å². The minimum atomic E-state index is -0.429. The Balaban J connectivity index is 2.85. The van der Waals surface area contributed by atoms with Gasteiger partial charge in [-0.15, -0.1) is 0 Å². The van der Waals surface area contributed by atoms with Crippen molar-refractivity contribution >= 4 is 5.78 Å². The molecule has 0 saturated carbocycles. The van der Waals surface area contributed by atoms with Gasteiger partial charge in [-0.25, -0.2) is 4.39 Å². The average Bonchev–Trinajstić information content (AvgIpc) is 2.30. The van der Waals surface area contributed by atoms with Crippen LogP contribution >= 0.6 is 0 Å². The van der Waals surface area contributed by atoms with Crippen LogP contribution in [-0.4, -0.2) is 12.9 Å². The van der Waals surface area contributed by atoms with Crippen molar-refractivity contribution in [1.82, 2.24) is 0 Å². The van der Waals surface area contributed by atoms with Crippen LogP contribution in [0.5, 0.6) is 5.75 Å². The zero-order chi connectivity index (χ0) is 12.1. The van der Waals surface area contributed by atoms with Gasteiger partial charge < -0.3 is 4.74 Å². The van der Waals surface area contributed by atoms with Crippen molar-refractivity contribution in [2.45, 2.75) is 26.7 Å². The lowest BCUT2D eigenvalue weighted by Crippen LogP contribution is -2.13. The number of benzene rings is 1. The summed E-state index contributed by atoms with van der Waals surface area (Å²) in [6.45, 7) is 3.81. The molecule has 0 spiro atoms. The molecule has 88 valence electrons. The molecule has 0 saturated heterocycles. The summed E-state index contributed by atoms with van der Waals surface area (Å²) in [6.07, 6.45) is 0.919. The van der Waals surface area contributed by atoms with Crippen molar-refractivity contribution < 1.29 is 13.9 Å². The first-order chi connectivity index (χ1) is 7.60.